The molecule has 1 amide bonds. The van der Waals surface area contributed by atoms with E-state index in [0.29, 0.717) is 13.0 Å². The molecule has 0 aliphatic carbocycles. The third-order valence-corrected chi connectivity index (χ3v) is 4.29. The minimum atomic E-state index is -0.740. The van der Waals surface area contributed by atoms with Crippen LogP contribution in [0.3, 0.4) is 0 Å². The van der Waals surface area contributed by atoms with Gasteiger partial charge in [0.15, 0.2) is 0 Å². The predicted octanol–water partition coefficient (Wildman–Crippen LogP) is 1.50. The van der Waals surface area contributed by atoms with E-state index in [4.69, 9.17) is 10.5 Å². The highest BCUT2D eigenvalue weighted by Gasteiger charge is 2.29. The van der Waals surface area contributed by atoms with Gasteiger partial charge >= 0.3 is 0 Å². The molecule has 122 valence electrons. The monoisotopic (exact) mass is 314 g/mol. The third-order valence-electron chi connectivity index (χ3n) is 4.29. The lowest BCUT2D eigenvalue weighted by Gasteiger charge is -2.16. The summed E-state index contributed by atoms with van der Waals surface area (Å²) < 4.78 is 5.55. The number of ether oxygens (including phenoxy) is 1. The Bertz CT molecular complexity index is 689. The van der Waals surface area contributed by atoms with Gasteiger partial charge < -0.3 is 20.9 Å². The van der Waals surface area contributed by atoms with Gasteiger partial charge in [0.2, 0.25) is 5.91 Å². The molecule has 1 heterocycles. The Balaban J connectivity index is 1.58. The Hall–Kier alpha value is -1.95. The Morgan fingerprint density at radius 2 is 2.04 bits per heavy atom. The Morgan fingerprint density at radius 3 is 2.78 bits per heavy atom. The van der Waals surface area contributed by atoms with Crippen molar-refractivity contribution in [1.29, 1.82) is 0 Å². The summed E-state index contributed by atoms with van der Waals surface area (Å²) in [5, 5.41) is 15.2. The van der Waals surface area contributed by atoms with Crippen molar-refractivity contribution in [2.45, 2.75) is 31.2 Å². The van der Waals surface area contributed by atoms with Gasteiger partial charge in [-0.2, -0.15) is 0 Å². The minimum absolute atomic E-state index is 0.0313. The molecule has 1 aliphatic rings. The molecule has 2 aromatic carbocycles. The Labute approximate surface area is 135 Å². The Morgan fingerprint density at radius 1 is 1.26 bits per heavy atom. The van der Waals surface area contributed by atoms with Gasteiger partial charge in [0, 0.05) is 13.1 Å². The van der Waals surface area contributed by atoms with Gasteiger partial charge in [-0.3, -0.25) is 4.79 Å². The highest BCUT2D eigenvalue weighted by atomic mass is 16.5. The van der Waals surface area contributed by atoms with Crippen LogP contribution in [-0.4, -0.2) is 36.3 Å². The smallest absolute Gasteiger partial charge is 0.249 e. The van der Waals surface area contributed by atoms with E-state index in [0.717, 1.165) is 22.8 Å². The number of benzene rings is 2. The molecule has 0 aromatic heterocycles. The number of fused-ring (bicyclic) bond motifs is 1. The van der Waals surface area contributed by atoms with Gasteiger partial charge in [0.05, 0.1) is 12.2 Å². The van der Waals surface area contributed by atoms with Crippen LogP contribution in [0.4, 0.5) is 0 Å². The largest absolute Gasteiger partial charge is 0.387 e. The van der Waals surface area contributed by atoms with Crippen molar-refractivity contribution in [3.05, 3.63) is 48.0 Å². The molecule has 0 radical (unpaired) electrons. The van der Waals surface area contributed by atoms with Crippen LogP contribution >= 0.6 is 0 Å². The van der Waals surface area contributed by atoms with Crippen LogP contribution in [0.1, 0.15) is 24.5 Å². The summed E-state index contributed by atoms with van der Waals surface area (Å²) in [5.74, 6) is -0.180. The number of nitrogens with one attached hydrogen (secondary N) is 1. The molecule has 23 heavy (non-hydrogen) atoms. The molecule has 3 atom stereocenters. The van der Waals surface area contributed by atoms with E-state index in [1.54, 1.807) is 0 Å². The van der Waals surface area contributed by atoms with Gasteiger partial charge in [-0.15, -0.1) is 0 Å². The van der Waals surface area contributed by atoms with Crippen LogP contribution in [0, 0.1) is 0 Å². The molecule has 5 nitrogen and oxygen atoms in total. The highest BCUT2D eigenvalue weighted by molar-refractivity contribution is 5.83. The molecular formula is C18H22N2O3. The van der Waals surface area contributed by atoms with Crippen LogP contribution < -0.4 is 11.1 Å². The zero-order valence-corrected chi connectivity index (χ0v) is 12.9. The summed E-state index contributed by atoms with van der Waals surface area (Å²) in [4.78, 5) is 12.1. The molecule has 4 N–H and O–H groups in total. The number of amides is 1. The summed E-state index contributed by atoms with van der Waals surface area (Å²) in [5.41, 5.74) is 6.33. The number of carbonyl (C=O) groups excluding carboxylic acids is 1. The average Bonchev–Trinajstić information content (AvgIpc) is 3.08. The molecule has 1 saturated heterocycles. The van der Waals surface area contributed by atoms with E-state index >= 15 is 0 Å². The fourth-order valence-corrected chi connectivity index (χ4v) is 2.92. The number of rotatable bonds is 5. The molecular weight excluding hydrogens is 292 g/mol. The van der Waals surface area contributed by atoms with E-state index in [1.807, 2.05) is 42.5 Å². The third kappa shape index (κ3) is 3.69. The summed E-state index contributed by atoms with van der Waals surface area (Å²) in [7, 11) is 0. The van der Waals surface area contributed by atoms with Crippen molar-refractivity contribution >= 4 is 16.7 Å². The number of aliphatic hydroxyl groups is 1. The minimum Gasteiger partial charge on any atom is -0.387 e. The predicted molar refractivity (Wildman–Crippen MR) is 88.9 cm³/mol. The maximum absolute atomic E-state index is 12.1. The average molecular weight is 314 g/mol. The van der Waals surface area contributed by atoms with E-state index in [2.05, 4.69) is 5.32 Å². The van der Waals surface area contributed by atoms with Crippen LogP contribution in [0.2, 0.25) is 0 Å². The van der Waals surface area contributed by atoms with Gasteiger partial charge in [-0.25, -0.2) is 0 Å². The first kappa shape index (κ1) is 15.9. The second-order valence-corrected chi connectivity index (χ2v) is 5.93. The number of hydrogen-bond donors (Lipinski definition) is 3. The SMILES string of the molecule is NC[C@H]1CC[C@@H](C(=O)NCC(O)c2ccc3ccccc3c2)O1. The molecule has 2 aromatic rings. The van der Waals surface area contributed by atoms with E-state index in [1.165, 1.54) is 0 Å². The maximum Gasteiger partial charge on any atom is 0.249 e. The fourth-order valence-electron chi connectivity index (χ4n) is 2.92. The standard InChI is InChI=1S/C18H22N2O3/c19-10-15-7-8-17(23-15)18(22)20-11-16(21)14-6-5-12-3-1-2-4-13(12)9-14/h1-6,9,15-17,21H,7-8,10-11,19H2,(H,20,22)/t15-,16?,17+/m1/s1. The summed E-state index contributed by atoms with van der Waals surface area (Å²) in [6.07, 6.45) is 0.264. The molecule has 1 unspecified atom stereocenters. The first-order valence-electron chi connectivity index (χ1n) is 7.97. The van der Waals surface area contributed by atoms with E-state index < -0.39 is 12.2 Å². The first-order chi connectivity index (χ1) is 11.2. The van der Waals surface area contributed by atoms with Crippen LogP contribution in [0.5, 0.6) is 0 Å². The molecule has 5 heteroatoms. The molecule has 1 aliphatic heterocycles. The molecule has 0 spiro atoms. The molecule has 0 saturated carbocycles. The topological polar surface area (TPSA) is 84.6 Å². The lowest BCUT2D eigenvalue weighted by Crippen LogP contribution is -2.37. The van der Waals surface area contributed by atoms with Gasteiger partial charge in [0.25, 0.3) is 0 Å². The first-order valence-corrected chi connectivity index (χ1v) is 7.97. The number of carbonyl (C=O) groups is 1. The van der Waals surface area contributed by atoms with Crippen molar-refractivity contribution in [3.63, 3.8) is 0 Å². The van der Waals surface area contributed by atoms with Gasteiger partial charge in [-0.1, -0.05) is 36.4 Å². The van der Waals surface area contributed by atoms with E-state index in [9.17, 15) is 9.90 Å². The van der Waals surface area contributed by atoms with E-state index in [-0.39, 0.29) is 18.6 Å². The molecule has 1 fully saturated rings. The molecule has 3 rings (SSSR count). The van der Waals surface area contributed by atoms with Crippen molar-refractivity contribution in [2.24, 2.45) is 5.73 Å². The van der Waals surface area contributed by atoms with Gasteiger partial charge in [-0.05, 0) is 35.2 Å². The van der Waals surface area contributed by atoms with Crippen molar-refractivity contribution in [1.82, 2.24) is 5.32 Å². The van der Waals surface area contributed by atoms with Crippen LogP contribution in [0.15, 0.2) is 42.5 Å². The number of nitrogens with two attached hydrogens (primary N) is 1. The summed E-state index contributed by atoms with van der Waals surface area (Å²) >= 11 is 0. The summed E-state index contributed by atoms with van der Waals surface area (Å²) in [6, 6.07) is 13.8. The van der Waals surface area contributed by atoms with Crippen LogP contribution in [-0.2, 0) is 9.53 Å². The highest BCUT2D eigenvalue weighted by Crippen LogP contribution is 2.21. The fraction of sp³-hybridized carbons (Fsp3) is 0.389. The lowest BCUT2D eigenvalue weighted by atomic mass is 10.0. The Kier molecular flexibility index (Phi) is 4.91. The van der Waals surface area contributed by atoms with Crippen molar-refractivity contribution in [2.75, 3.05) is 13.1 Å². The second-order valence-electron chi connectivity index (χ2n) is 5.93. The lowest BCUT2D eigenvalue weighted by molar-refractivity contribution is -0.132. The zero-order chi connectivity index (χ0) is 16.2. The maximum atomic E-state index is 12.1. The van der Waals surface area contributed by atoms with Crippen molar-refractivity contribution in [3.8, 4) is 0 Å². The van der Waals surface area contributed by atoms with Crippen molar-refractivity contribution < 1.29 is 14.6 Å². The van der Waals surface area contributed by atoms with Crippen LogP contribution in [0.25, 0.3) is 10.8 Å². The number of aliphatic hydroxyl groups excluding tert-OH is 1. The van der Waals surface area contributed by atoms with Gasteiger partial charge in [0.1, 0.15) is 6.10 Å². The zero-order valence-electron chi connectivity index (χ0n) is 12.9. The second kappa shape index (κ2) is 7.08. The molecule has 0 bridgehead atoms. The quantitative estimate of drug-likeness (QED) is 0.781. The normalized spacial score (nSPS) is 22.2. The number of hydrogen-bond acceptors (Lipinski definition) is 4. The summed E-state index contributed by atoms with van der Waals surface area (Å²) in [6.45, 7) is 0.605.